The van der Waals surface area contributed by atoms with E-state index in [1.165, 1.54) is 11.1 Å². The SMILES string of the molecule is CCCC(C)(N)C(=O)NCCc1ccc(CC)cc1. The molecular weight excluding hydrogens is 236 g/mol. The van der Waals surface area contributed by atoms with Crippen molar-refractivity contribution in [2.75, 3.05) is 6.54 Å². The van der Waals surface area contributed by atoms with Crippen molar-refractivity contribution >= 4 is 5.91 Å². The Bertz CT molecular complexity index is 396. The van der Waals surface area contributed by atoms with E-state index < -0.39 is 5.54 Å². The van der Waals surface area contributed by atoms with E-state index in [1.54, 1.807) is 6.92 Å². The summed E-state index contributed by atoms with van der Waals surface area (Å²) in [5.41, 5.74) is 7.81. The molecule has 0 spiro atoms. The summed E-state index contributed by atoms with van der Waals surface area (Å²) >= 11 is 0. The predicted octanol–water partition coefficient (Wildman–Crippen LogP) is 2.43. The third-order valence-corrected chi connectivity index (χ3v) is 3.42. The van der Waals surface area contributed by atoms with Gasteiger partial charge in [0.1, 0.15) is 0 Å². The zero-order valence-electron chi connectivity index (χ0n) is 12.3. The lowest BCUT2D eigenvalue weighted by atomic mass is 9.96. The zero-order valence-corrected chi connectivity index (χ0v) is 12.3. The molecule has 1 aromatic carbocycles. The third-order valence-electron chi connectivity index (χ3n) is 3.42. The minimum Gasteiger partial charge on any atom is -0.354 e. The number of carbonyl (C=O) groups is 1. The summed E-state index contributed by atoms with van der Waals surface area (Å²) in [6.45, 7) is 6.61. The molecule has 3 heteroatoms. The Labute approximate surface area is 116 Å². The first-order valence-corrected chi connectivity index (χ1v) is 7.14. The number of rotatable bonds is 7. The molecule has 1 aromatic rings. The van der Waals surface area contributed by atoms with Gasteiger partial charge in [0.25, 0.3) is 0 Å². The van der Waals surface area contributed by atoms with Crippen molar-refractivity contribution in [2.45, 2.75) is 52.0 Å². The maximum Gasteiger partial charge on any atom is 0.239 e. The summed E-state index contributed by atoms with van der Waals surface area (Å²) in [7, 11) is 0. The van der Waals surface area contributed by atoms with Gasteiger partial charge in [-0.2, -0.15) is 0 Å². The quantitative estimate of drug-likeness (QED) is 0.793. The highest BCUT2D eigenvalue weighted by Crippen LogP contribution is 2.09. The molecule has 3 nitrogen and oxygen atoms in total. The number of carbonyl (C=O) groups excluding carboxylic acids is 1. The number of aryl methyl sites for hydroxylation is 1. The van der Waals surface area contributed by atoms with Crippen LogP contribution in [-0.4, -0.2) is 18.0 Å². The van der Waals surface area contributed by atoms with Crippen molar-refractivity contribution < 1.29 is 4.79 Å². The third kappa shape index (κ3) is 5.03. The topological polar surface area (TPSA) is 55.1 Å². The van der Waals surface area contributed by atoms with Crippen LogP contribution in [0.1, 0.15) is 44.7 Å². The van der Waals surface area contributed by atoms with Gasteiger partial charge in [0.2, 0.25) is 5.91 Å². The number of nitrogens with two attached hydrogens (primary N) is 1. The highest BCUT2D eigenvalue weighted by Gasteiger charge is 2.26. The average Bonchev–Trinajstić information content (AvgIpc) is 2.39. The fraction of sp³-hybridized carbons (Fsp3) is 0.562. The monoisotopic (exact) mass is 262 g/mol. The molecule has 3 N–H and O–H groups in total. The molecule has 0 bridgehead atoms. The maximum atomic E-state index is 11.9. The van der Waals surface area contributed by atoms with E-state index in [4.69, 9.17) is 5.73 Å². The average molecular weight is 262 g/mol. The summed E-state index contributed by atoms with van der Waals surface area (Å²) in [5, 5.41) is 2.92. The van der Waals surface area contributed by atoms with E-state index in [0.717, 1.165) is 19.3 Å². The zero-order chi connectivity index (χ0) is 14.3. The lowest BCUT2D eigenvalue weighted by molar-refractivity contribution is -0.126. The molecule has 0 heterocycles. The van der Waals surface area contributed by atoms with Crippen LogP contribution >= 0.6 is 0 Å². The molecule has 0 aromatic heterocycles. The van der Waals surface area contributed by atoms with Crippen molar-refractivity contribution in [3.05, 3.63) is 35.4 Å². The Morgan fingerprint density at radius 3 is 2.32 bits per heavy atom. The van der Waals surface area contributed by atoms with E-state index in [2.05, 4.69) is 36.5 Å². The Kier molecular flexibility index (Phi) is 6.03. The van der Waals surface area contributed by atoms with Crippen LogP contribution in [0.25, 0.3) is 0 Å². The second kappa shape index (κ2) is 7.29. The van der Waals surface area contributed by atoms with Gasteiger partial charge in [0.15, 0.2) is 0 Å². The Balaban J connectivity index is 2.39. The van der Waals surface area contributed by atoms with Gasteiger partial charge in [-0.15, -0.1) is 0 Å². The Morgan fingerprint density at radius 1 is 1.21 bits per heavy atom. The summed E-state index contributed by atoms with van der Waals surface area (Å²) in [6, 6.07) is 8.53. The molecule has 0 aliphatic rings. The van der Waals surface area contributed by atoms with Crippen molar-refractivity contribution in [3.63, 3.8) is 0 Å². The van der Waals surface area contributed by atoms with Gasteiger partial charge in [-0.05, 0) is 37.3 Å². The minimum atomic E-state index is -0.749. The first kappa shape index (κ1) is 15.7. The number of benzene rings is 1. The van der Waals surface area contributed by atoms with E-state index in [1.807, 2.05) is 6.92 Å². The van der Waals surface area contributed by atoms with E-state index in [9.17, 15) is 4.79 Å². The molecule has 0 aliphatic carbocycles. The van der Waals surface area contributed by atoms with Gasteiger partial charge in [0, 0.05) is 6.54 Å². The minimum absolute atomic E-state index is 0.0560. The lowest BCUT2D eigenvalue weighted by Gasteiger charge is -2.22. The summed E-state index contributed by atoms with van der Waals surface area (Å²) in [4.78, 5) is 11.9. The van der Waals surface area contributed by atoms with Crippen LogP contribution in [0.15, 0.2) is 24.3 Å². The second-order valence-electron chi connectivity index (χ2n) is 5.34. The van der Waals surface area contributed by atoms with Gasteiger partial charge in [0.05, 0.1) is 5.54 Å². The van der Waals surface area contributed by atoms with Crippen LogP contribution in [0.4, 0.5) is 0 Å². The van der Waals surface area contributed by atoms with Crippen LogP contribution in [0.2, 0.25) is 0 Å². The van der Waals surface area contributed by atoms with E-state index >= 15 is 0 Å². The molecule has 0 saturated heterocycles. The maximum absolute atomic E-state index is 11.9. The van der Waals surface area contributed by atoms with Crippen LogP contribution in [-0.2, 0) is 17.6 Å². The smallest absolute Gasteiger partial charge is 0.239 e. The Morgan fingerprint density at radius 2 is 1.79 bits per heavy atom. The molecule has 106 valence electrons. The van der Waals surface area contributed by atoms with Gasteiger partial charge in [-0.1, -0.05) is 44.5 Å². The summed E-state index contributed by atoms with van der Waals surface area (Å²) in [6.07, 6.45) is 3.53. The predicted molar refractivity (Wildman–Crippen MR) is 80.0 cm³/mol. The van der Waals surface area contributed by atoms with E-state index in [-0.39, 0.29) is 5.91 Å². The fourth-order valence-electron chi connectivity index (χ4n) is 2.10. The summed E-state index contributed by atoms with van der Waals surface area (Å²) < 4.78 is 0. The lowest BCUT2D eigenvalue weighted by Crippen LogP contribution is -2.51. The first-order chi connectivity index (χ1) is 8.99. The number of hydrogen-bond donors (Lipinski definition) is 2. The standard InChI is InChI=1S/C16H26N2O/c1-4-11-16(3,17)15(19)18-12-10-14-8-6-13(5-2)7-9-14/h6-9H,4-5,10-12,17H2,1-3H3,(H,18,19). The van der Waals surface area contributed by atoms with Gasteiger partial charge in [-0.25, -0.2) is 0 Å². The molecule has 1 unspecified atom stereocenters. The molecular formula is C16H26N2O. The van der Waals surface area contributed by atoms with Crippen molar-refractivity contribution in [2.24, 2.45) is 5.73 Å². The molecule has 1 amide bonds. The van der Waals surface area contributed by atoms with Gasteiger partial charge < -0.3 is 11.1 Å². The summed E-state index contributed by atoms with van der Waals surface area (Å²) in [5.74, 6) is -0.0560. The molecule has 19 heavy (non-hydrogen) atoms. The normalized spacial score (nSPS) is 13.9. The number of amides is 1. The van der Waals surface area contributed by atoms with Crippen molar-refractivity contribution in [3.8, 4) is 0 Å². The Hall–Kier alpha value is -1.35. The second-order valence-corrected chi connectivity index (χ2v) is 5.34. The van der Waals surface area contributed by atoms with E-state index in [0.29, 0.717) is 13.0 Å². The largest absolute Gasteiger partial charge is 0.354 e. The van der Waals surface area contributed by atoms with Crippen molar-refractivity contribution in [1.29, 1.82) is 0 Å². The van der Waals surface area contributed by atoms with Crippen LogP contribution in [0, 0.1) is 0 Å². The number of nitrogens with one attached hydrogen (secondary N) is 1. The highest BCUT2D eigenvalue weighted by molar-refractivity contribution is 5.85. The van der Waals surface area contributed by atoms with Crippen LogP contribution in [0.5, 0.6) is 0 Å². The fourth-order valence-corrected chi connectivity index (χ4v) is 2.10. The molecule has 0 aliphatic heterocycles. The first-order valence-electron chi connectivity index (χ1n) is 7.14. The molecule has 0 fully saturated rings. The van der Waals surface area contributed by atoms with Gasteiger partial charge in [-0.3, -0.25) is 4.79 Å². The van der Waals surface area contributed by atoms with Crippen LogP contribution < -0.4 is 11.1 Å². The number of hydrogen-bond acceptors (Lipinski definition) is 2. The molecule has 0 radical (unpaired) electrons. The van der Waals surface area contributed by atoms with Crippen LogP contribution in [0.3, 0.4) is 0 Å². The molecule has 1 rings (SSSR count). The molecule has 1 atom stereocenters. The van der Waals surface area contributed by atoms with Gasteiger partial charge >= 0.3 is 0 Å². The van der Waals surface area contributed by atoms with Crippen molar-refractivity contribution in [1.82, 2.24) is 5.32 Å². The molecule has 0 saturated carbocycles. The highest BCUT2D eigenvalue weighted by atomic mass is 16.2.